The quantitative estimate of drug-likeness (QED) is 0.805. The predicted molar refractivity (Wildman–Crippen MR) is 58.5 cm³/mol. The van der Waals surface area contributed by atoms with E-state index < -0.39 is 5.72 Å². The van der Waals surface area contributed by atoms with Crippen LogP contribution in [0, 0.1) is 0 Å². The van der Waals surface area contributed by atoms with Crippen LogP contribution in [0.5, 0.6) is 0 Å². The molecule has 0 aromatic heterocycles. The van der Waals surface area contributed by atoms with Crippen molar-refractivity contribution in [3.8, 4) is 0 Å². The van der Waals surface area contributed by atoms with E-state index in [0.717, 1.165) is 5.69 Å². The lowest BCUT2D eigenvalue weighted by Gasteiger charge is -2.32. The first-order valence-corrected chi connectivity index (χ1v) is 5.17. The lowest BCUT2D eigenvalue weighted by Crippen LogP contribution is -2.48. The molecule has 1 N–H and O–H groups in total. The number of nitrogens with zero attached hydrogens (tertiary/aromatic N) is 3. The molecule has 1 aromatic rings. The summed E-state index contributed by atoms with van der Waals surface area (Å²) in [5, 5.41) is 20.1. The second-order valence-electron chi connectivity index (χ2n) is 3.76. The Balaban J connectivity index is 2.35. The summed E-state index contributed by atoms with van der Waals surface area (Å²) in [6.07, 6.45) is 0.593. The first-order valence-electron chi connectivity index (χ1n) is 5.17. The van der Waals surface area contributed by atoms with E-state index in [-0.39, 0.29) is 6.04 Å². The van der Waals surface area contributed by atoms with Gasteiger partial charge < -0.3 is 5.11 Å². The molecule has 80 valence electrons. The summed E-state index contributed by atoms with van der Waals surface area (Å²) < 4.78 is 0. The Labute approximate surface area is 89.2 Å². The van der Waals surface area contributed by atoms with Crippen LogP contribution in [-0.2, 0) is 0 Å². The Morgan fingerprint density at radius 2 is 2.07 bits per heavy atom. The molecule has 0 bridgehead atoms. The predicted octanol–water partition coefficient (Wildman–Crippen LogP) is 2.36. The van der Waals surface area contributed by atoms with Crippen LogP contribution in [0.3, 0.4) is 0 Å². The smallest absolute Gasteiger partial charge is 0.184 e. The van der Waals surface area contributed by atoms with E-state index >= 15 is 0 Å². The van der Waals surface area contributed by atoms with Gasteiger partial charge in [0, 0.05) is 0 Å². The topological polar surface area (TPSA) is 48.2 Å². The van der Waals surface area contributed by atoms with Crippen LogP contribution in [0.15, 0.2) is 40.7 Å². The van der Waals surface area contributed by atoms with Crippen LogP contribution in [0.2, 0.25) is 0 Å². The monoisotopic (exact) mass is 205 g/mol. The van der Waals surface area contributed by atoms with Crippen molar-refractivity contribution in [2.24, 2.45) is 10.3 Å². The molecule has 0 amide bonds. The zero-order chi connectivity index (χ0) is 10.9. The molecule has 1 heterocycles. The van der Waals surface area contributed by atoms with Crippen molar-refractivity contribution in [3.05, 3.63) is 30.3 Å². The highest BCUT2D eigenvalue weighted by molar-refractivity contribution is 5.48. The third kappa shape index (κ3) is 1.51. The Morgan fingerprint density at radius 1 is 1.40 bits per heavy atom. The second kappa shape index (κ2) is 3.62. The van der Waals surface area contributed by atoms with Gasteiger partial charge >= 0.3 is 0 Å². The Hall–Kier alpha value is -1.42. The van der Waals surface area contributed by atoms with Crippen molar-refractivity contribution in [1.29, 1.82) is 0 Å². The fourth-order valence-electron chi connectivity index (χ4n) is 1.77. The molecular weight excluding hydrogens is 190 g/mol. The molecule has 2 atom stereocenters. The summed E-state index contributed by atoms with van der Waals surface area (Å²) >= 11 is 0. The van der Waals surface area contributed by atoms with Crippen molar-refractivity contribution in [1.82, 2.24) is 0 Å². The van der Waals surface area contributed by atoms with Crippen LogP contribution < -0.4 is 5.01 Å². The van der Waals surface area contributed by atoms with Gasteiger partial charge in [0.05, 0.1) is 5.69 Å². The number of hydrogen-bond donors (Lipinski definition) is 1. The van der Waals surface area contributed by atoms with Crippen LogP contribution >= 0.6 is 0 Å². The number of benzene rings is 1. The molecule has 2 rings (SSSR count). The van der Waals surface area contributed by atoms with Gasteiger partial charge in [0.15, 0.2) is 5.72 Å². The number of rotatable bonds is 2. The molecule has 0 saturated carbocycles. The van der Waals surface area contributed by atoms with Gasteiger partial charge in [0.1, 0.15) is 6.04 Å². The van der Waals surface area contributed by atoms with E-state index in [2.05, 4.69) is 10.3 Å². The lowest BCUT2D eigenvalue weighted by molar-refractivity contribution is 0.0294. The minimum atomic E-state index is -0.985. The first kappa shape index (κ1) is 10.1. The van der Waals surface area contributed by atoms with Gasteiger partial charge in [-0.25, -0.2) is 5.01 Å². The average molecular weight is 205 g/mol. The van der Waals surface area contributed by atoms with Gasteiger partial charge in [-0.3, -0.25) is 0 Å². The molecule has 0 saturated heterocycles. The molecule has 0 fully saturated rings. The fourth-order valence-corrected chi connectivity index (χ4v) is 1.77. The van der Waals surface area contributed by atoms with E-state index in [0.29, 0.717) is 6.42 Å². The lowest BCUT2D eigenvalue weighted by atomic mass is 10.0. The molecule has 0 aliphatic carbocycles. The van der Waals surface area contributed by atoms with Gasteiger partial charge in [-0.05, 0) is 25.5 Å². The molecule has 1 aliphatic rings. The molecule has 0 spiro atoms. The third-order valence-corrected chi connectivity index (χ3v) is 2.87. The standard InChI is InChI=1S/C11H15N3O/c1-3-11(15)9(2)12-13-14(11)10-7-5-4-6-8-10/h4-9,15H,3H2,1-2H3. The second-order valence-corrected chi connectivity index (χ2v) is 3.76. The van der Waals surface area contributed by atoms with Crippen molar-refractivity contribution >= 4 is 5.69 Å². The maximum atomic E-state index is 10.4. The van der Waals surface area contributed by atoms with E-state index in [9.17, 15) is 5.11 Å². The van der Waals surface area contributed by atoms with E-state index in [1.165, 1.54) is 0 Å². The van der Waals surface area contributed by atoms with Crippen LogP contribution in [-0.4, -0.2) is 16.9 Å². The van der Waals surface area contributed by atoms with Gasteiger partial charge in [-0.1, -0.05) is 30.3 Å². The summed E-state index contributed by atoms with van der Waals surface area (Å²) in [6.45, 7) is 3.80. The Bertz CT molecular complexity index is 365. The molecule has 1 aliphatic heterocycles. The number of anilines is 1. The number of para-hydroxylation sites is 1. The minimum absolute atomic E-state index is 0.192. The fraction of sp³-hybridized carbons (Fsp3) is 0.455. The van der Waals surface area contributed by atoms with Crippen LogP contribution in [0.4, 0.5) is 5.69 Å². The normalized spacial score (nSPS) is 29.8. The highest BCUT2D eigenvalue weighted by Gasteiger charge is 2.43. The molecule has 4 nitrogen and oxygen atoms in total. The highest BCUT2D eigenvalue weighted by Crippen LogP contribution is 2.34. The molecule has 15 heavy (non-hydrogen) atoms. The highest BCUT2D eigenvalue weighted by atomic mass is 16.3. The van der Waals surface area contributed by atoms with Gasteiger partial charge in [0.2, 0.25) is 0 Å². The largest absolute Gasteiger partial charge is 0.367 e. The van der Waals surface area contributed by atoms with Gasteiger partial charge in [-0.2, -0.15) is 5.11 Å². The van der Waals surface area contributed by atoms with Crippen LogP contribution in [0.25, 0.3) is 0 Å². The van der Waals surface area contributed by atoms with E-state index in [1.54, 1.807) is 5.01 Å². The summed E-state index contributed by atoms with van der Waals surface area (Å²) in [5.74, 6) is 0. The Morgan fingerprint density at radius 3 is 2.67 bits per heavy atom. The third-order valence-electron chi connectivity index (χ3n) is 2.87. The number of hydrogen-bond acceptors (Lipinski definition) is 4. The minimum Gasteiger partial charge on any atom is -0.367 e. The molecule has 4 heteroatoms. The van der Waals surface area contributed by atoms with E-state index in [1.807, 2.05) is 44.2 Å². The van der Waals surface area contributed by atoms with Gasteiger partial charge in [0.25, 0.3) is 0 Å². The summed E-state index contributed by atoms with van der Waals surface area (Å²) in [7, 11) is 0. The van der Waals surface area contributed by atoms with E-state index in [4.69, 9.17) is 0 Å². The average Bonchev–Trinajstić information content (AvgIpc) is 2.58. The SMILES string of the molecule is CCC1(O)C(C)N=NN1c1ccccc1. The maximum Gasteiger partial charge on any atom is 0.184 e. The zero-order valence-corrected chi connectivity index (χ0v) is 8.96. The van der Waals surface area contributed by atoms with Crippen molar-refractivity contribution in [3.63, 3.8) is 0 Å². The van der Waals surface area contributed by atoms with Crippen molar-refractivity contribution in [2.75, 3.05) is 5.01 Å². The summed E-state index contributed by atoms with van der Waals surface area (Å²) in [6, 6.07) is 9.41. The van der Waals surface area contributed by atoms with Gasteiger partial charge in [-0.15, -0.1) is 0 Å². The molecule has 0 radical (unpaired) electrons. The first-order chi connectivity index (χ1) is 7.18. The molecule has 2 unspecified atom stereocenters. The Kier molecular flexibility index (Phi) is 2.44. The zero-order valence-electron chi connectivity index (χ0n) is 8.96. The number of aliphatic hydroxyl groups is 1. The maximum absolute atomic E-state index is 10.4. The summed E-state index contributed by atoms with van der Waals surface area (Å²) in [4.78, 5) is 0. The van der Waals surface area contributed by atoms with Crippen molar-refractivity contribution in [2.45, 2.75) is 32.0 Å². The van der Waals surface area contributed by atoms with Crippen LogP contribution in [0.1, 0.15) is 20.3 Å². The molecule has 1 aromatic carbocycles. The van der Waals surface area contributed by atoms with Crippen molar-refractivity contribution < 1.29 is 5.11 Å². The molecular formula is C11H15N3O. The summed E-state index contributed by atoms with van der Waals surface area (Å²) in [5.41, 5.74) is -0.114.